The van der Waals surface area contributed by atoms with Crippen LogP contribution < -0.4 is 5.32 Å². The van der Waals surface area contributed by atoms with Gasteiger partial charge in [0.1, 0.15) is 5.75 Å². The summed E-state index contributed by atoms with van der Waals surface area (Å²) in [5.74, 6) is 0.620. The second-order valence-electron chi connectivity index (χ2n) is 7.39. The number of aromatic hydroxyl groups is 1. The van der Waals surface area contributed by atoms with E-state index in [1.165, 1.54) is 6.08 Å². The number of carbonyl (C=O) groups excluding carboxylic acids is 1. The number of H-pyrrole nitrogens is 1. The van der Waals surface area contributed by atoms with E-state index < -0.39 is 0 Å². The first kappa shape index (κ1) is 18.4. The second-order valence-corrected chi connectivity index (χ2v) is 7.39. The monoisotopic (exact) mass is 376 g/mol. The molecule has 1 aliphatic carbocycles. The molecule has 0 spiro atoms. The van der Waals surface area contributed by atoms with Crippen LogP contribution in [-0.2, 0) is 4.79 Å². The number of benzene rings is 1. The Balaban J connectivity index is 1.53. The smallest absolute Gasteiger partial charge is 0.168 e. The minimum atomic E-state index is 0.0275. The Morgan fingerprint density at radius 3 is 2.96 bits per heavy atom. The zero-order valence-corrected chi connectivity index (χ0v) is 15.7. The van der Waals surface area contributed by atoms with Gasteiger partial charge in [-0.1, -0.05) is 25.1 Å². The van der Waals surface area contributed by atoms with E-state index in [0.717, 1.165) is 42.4 Å². The normalized spacial score (nSPS) is 19.6. The van der Waals surface area contributed by atoms with Crippen molar-refractivity contribution in [1.82, 2.24) is 20.5 Å². The summed E-state index contributed by atoms with van der Waals surface area (Å²) in [6, 6.07) is 11.6. The summed E-state index contributed by atoms with van der Waals surface area (Å²) in [6.07, 6.45) is 5.66. The van der Waals surface area contributed by atoms with Gasteiger partial charge in [-0.2, -0.15) is 0 Å². The van der Waals surface area contributed by atoms with Gasteiger partial charge in [-0.3, -0.25) is 4.79 Å². The van der Waals surface area contributed by atoms with Gasteiger partial charge in [0.05, 0.1) is 12.2 Å². The Kier molecular flexibility index (Phi) is 5.21. The number of fused-ring (bicyclic) bond motifs is 1. The fourth-order valence-corrected chi connectivity index (χ4v) is 3.97. The lowest BCUT2D eigenvalue weighted by Crippen LogP contribution is -2.36. The highest BCUT2D eigenvalue weighted by Gasteiger charge is 2.24. The number of nitrogens with zero attached hydrogens (tertiary/aromatic N) is 2. The second kappa shape index (κ2) is 7.94. The fraction of sp³-hybridized carbons (Fsp3) is 0.318. The molecule has 0 amide bonds. The molecule has 1 aromatic carbocycles. The number of ketones is 1. The van der Waals surface area contributed by atoms with Crippen LogP contribution in [0.25, 0.3) is 22.3 Å². The van der Waals surface area contributed by atoms with Crippen LogP contribution in [0.3, 0.4) is 0 Å². The summed E-state index contributed by atoms with van der Waals surface area (Å²) in [4.78, 5) is 14.9. The Bertz CT molecular complexity index is 1010. The molecule has 3 aromatic rings. The van der Waals surface area contributed by atoms with Crippen molar-refractivity contribution in [2.24, 2.45) is 0 Å². The molecule has 3 N–H and O–H groups in total. The fourth-order valence-electron chi connectivity index (χ4n) is 3.97. The standard InChI is InChI=1S/C22H24N4O2/c1-2-17(27)13-23-16-7-5-6-14(10-16)19-11-15-12-20(25-26-22(15)24-19)18-8-3-4-9-21(18)28/h2-4,8-9,11-12,14,16,23,28H,1,5-7,10,13H2,(H,24,26)/t14?,16-/m1/s1. The van der Waals surface area contributed by atoms with Gasteiger partial charge in [0, 0.05) is 28.6 Å². The molecule has 0 radical (unpaired) electrons. The zero-order chi connectivity index (χ0) is 19.5. The highest BCUT2D eigenvalue weighted by Crippen LogP contribution is 2.35. The number of nitrogens with one attached hydrogen (secondary N) is 2. The number of aromatic amines is 1. The van der Waals surface area contributed by atoms with E-state index in [-0.39, 0.29) is 11.5 Å². The molecule has 28 heavy (non-hydrogen) atoms. The largest absolute Gasteiger partial charge is 0.507 e. The highest BCUT2D eigenvalue weighted by molar-refractivity contribution is 5.90. The van der Waals surface area contributed by atoms with E-state index in [1.807, 2.05) is 18.2 Å². The molecule has 1 aliphatic rings. The average molecular weight is 376 g/mol. The van der Waals surface area contributed by atoms with Crippen molar-refractivity contribution < 1.29 is 9.90 Å². The maximum atomic E-state index is 11.5. The predicted octanol–water partition coefficient (Wildman–Crippen LogP) is 3.70. The lowest BCUT2D eigenvalue weighted by Gasteiger charge is -2.29. The molecular formula is C22H24N4O2. The van der Waals surface area contributed by atoms with Crippen molar-refractivity contribution in [3.63, 3.8) is 0 Å². The van der Waals surface area contributed by atoms with Gasteiger partial charge >= 0.3 is 0 Å². The minimum absolute atomic E-state index is 0.0275. The topological polar surface area (TPSA) is 90.9 Å². The Hall–Kier alpha value is -2.99. The number of phenols is 1. The molecule has 6 heteroatoms. The number of rotatable bonds is 6. The highest BCUT2D eigenvalue weighted by atomic mass is 16.3. The van der Waals surface area contributed by atoms with Crippen LogP contribution in [0.15, 0.2) is 49.1 Å². The van der Waals surface area contributed by atoms with Crippen LogP contribution in [0.2, 0.25) is 0 Å². The van der Waals surface area contributed by atoms with Gasteiger partial charge in [0.25, 0.3) is 0 Å². The molecule has 6 nitrogen and oxygen atoms in total. The van der Waals surface area contributed by atoms with E-state index in [2.05, 4.69) is 33.1 Å². The molecule has 144 valence electrons. The van der Waals surface area contributed by atoms with Crippen LogP contribution in [0, 0.1) is 0 Å². The van der Waals surface area contributed by atoms with E-state index in [1.54, 1.807) is 12.1 Å². The zero-order valence-electron chi connectivity index (χ0n) is 15.7. The summed E-state index contributed by atoms with van der Waals surface area (Å²) in [7, 11) is 0. The molecule has 2 aromatic heterocycles. The van der Waals surface area contributed by atoms with Gasteiger partial charge in [0.15, 0.2) is 11.4 Å². The molecule has 1 fully saturated rings. The molecule has 1 saturated carbocycles. The van der Waals surface area contributed by atoms with Gasteiger partial charge in [-0.25, -0.2) is 0 Å². The lowest BCUT2D eigenvalue weighted by atomic mass is 9.83. The van der Waals surface area contributed by atoms with Crippen LogP contribution >= 0.6 is 0 Å². The number of para-hydroxylation sites is 1. The van der Waals surface area contributed by atoms with Gasteiger partial charge < -0.3 is 15.4 Å². The quantitative estimate of drug-likeness (QED) is 0.571. The van der Waals surface area contributed by atoms with Crippen molar-refractivity contribution in [3.05, 3.63) is 54.7 Å². The van der Waals surface area contributed by atoms with Crippen LogP contribution in [0.4, 0.5) is 0 Å². The number of aromatic nitrogens is 3. The maximum Gasteiger partial charge on any atom is 0.168 e. The molecule has 0 saturated heterocycles. The van der Waals surface area contributed by atoms with Crippen LogP contribution in [0.1, 0.15) is 37.3 Å². The minimum Gasteiger partial charge on any atom is -0.507 e. The molecule has 2 atom stereocenters. The van der Waals surface area contributed by atoms with E-state index in [9.17, 15) is 9.90 Å². The SMILES string of the molecule is C=CC(=O)CN[C@@H]1CCCC(c2cc3cc(-c4ccccc4O)nnc3[nH]2)C1. The molecule has 0 bridgehead atoms. The Morgan fingerprint density at radius 2 is 2.14 bits per heavy atom. The molecule has 1 unspecified atom stereocenters. The summed E-state index contributed by atoms with van der Waals surface area (Å²) in [5.41, 5.74) is 3.24. The summed E-state index contributed by atoms with van der Waals surface area (Å²) in [6.45, 7) is 3.87. The first-order valence-corrected chi connectivity index (χ1v) is 9.67. The molecule has 2 heterocycles. The first-order chi connectivity index (χ1) is 13.6. The maximum absolute atomic E-state index is 11.5. The van der Waals surface area contributed by atoms with Crippen LogP contribution in [0.5, 0.6) is 5.75 Å². The number of carbonyl (C=O) groups is 1. The predicted molar refractivity (Wildman–Crippen MR) is 109 cm³/mol. The van der Waals surface area contributed by atoms with Crippen molar-refractivity contribution in [2.75, 3.05) is 6.54 Å². The summed E-state index contributed by atoms with van der Waals surface area (Å²) < 4.78 is 0. The summed E-state index contributed by atoms with van der Waals surface area (Å²) >= 11 is 0. The average Bonchev–Trinajstić information content (AvgIpc) is 3.16. The van der Waals surface area contributed by atoms with Crippen molar-refractivity contribution in [1.29, 1.82) is 0 Å². The number of phenolic OH excluding ortho intramolecular Hbond substituents is 1. The third-order valence-electron chi connectivity index (χ3n) is 5.48. The number of hydrogen-bond donors (Lipinski definition) is 3. The number of hydrogen-bond acceptors (Lipinski definition) is 5. The van der Waals surface area contributed by atoms with E-state index in [4.69, 9.17) is 0 Å². The van der Waals surface area contributed by atoms with Gasteiger partial charge in [0.2, 0.25) is 0 Å². The third-order valence-corrected chi connectivity index (χ3v) is 5.48. The molecule has 0 aliphatic heterocycles. The molecule has 4 rings (SSSR count). The van der Waals surface area contributed by atoms with Crippen LogP contribution in [-0.4, -0.2) is 38.7 Å². The van der Waals surface area contributed by atoms with Crippen molar-refractivity contribution >= 4 is 16.8 Å². The van der Waals surface area contributed by atoms with Crippen molar-refractivity contribution in [3.8, 4) is 17.0 Å². The molecular weight excluding hydrogens is 352 g/mol. The Morgan fingerprint density at radius 1 is 1.29 bits per heavy atom. The lowest BCUT2D eigenvalue weighted by molar-refractivity contribution is -0.114. The van der Waals surface area contributed by atoms with Crippen molar-refractivity contribution in [2.45, 2.75) is 37.6 Å². The first-order valence-electron chi connectivity index (χ1n) is 9.67. The van der Waals surface area contributed by atoms with Gasteiger partial charge in [-0.15, -0.1) is 10.2 Å². The van der Waals surface area contributed by atoms with Gasteiger partial charge in [-0.05, 0) is 49.6 Å². The van der Waals surface area contributed by atoms with E-state index >= 15 is 0 Å². The summed E-state index contributed by atoms with van der Waals surface area (Å²) in [5, 5.41) is 23.0. The van der Waals surface area contributed by atoms with E-state index in [0.29, 0.717) is 29.8 Å². The Labute approximate surface area is 163 Å². The third kappa shape index (κ3) is 3.82.